The van der Waals surface area contributed by atoms with E-state index in [0.29, 0.717) is 5.75 Å². The lowest BCUT2D eigenvalue weighted by Crippen LogP contribution is -2.08. The zero-order chi connectivity index (χ0) is 12.3. The highest BCUT2D eigenvalue weighted by Gasteiger charge is 2.03. The topological polar surface area (TPSA) is 64.3 Å². The van der Waals surface area contributed by atoms with Crippen LogP contribution in [0.4, 0.5) is 0 Å². The standard InChI is InChI=1S/C12H12N2O3/c1-9-3-2-4-10(5-9)14-7-11(6-13-14)17-8-12(15)16/h2-7H,8H2,1H3,(H,15,16). The van der Waals surface area contributed by atoms with Gasteiger partial charge in [-0.15, -0.1) is 0 Å². The first kappa shape index (κ1) is 11.2. The molecule has 0 aliphatic heterocycles. The number of hydrogen-bond acceptors (Lipinski definition) is 3. The van der Waals surface area contributed by atoms with Crippen LogP contribution < -0.4 is 4.74 Å². The molecule has 0 fully saturated rings. The normalized spacial score (nSPS) is 10.2. The molecule has 17 heavy (non-hydrogen) atoms. The van der Waals surface area contributed by atoms with Crippen LogP contribution in [0.15, 0.2) is 36.7 Å². The van der Waals surface area contributed by atoms with Crippen molar-refractivity contribution >= 4 is 5.97 Å². The molecule has 1 heterocycles. The third-order valence-electron chi connectivity index (χ3n) is 2.19. The molecule has 0 amide bonds. The Kier molecular flexibility index (Phi) is 3.09. The van der Waals surface area contributed by atoms with Crippen LogP contribution in [-0.2, 0) is 4.79 Å². The van der Waals surface area contributed by atoms with Gasteiger partial charge in [0.2, 0.25) is 0 Å². The van der Waals surface area contributed by atoms with E-state index in [4.69, 9.17) is 9.84 Å². The Bertz CT molecular complexity index is 534. The lowest BCUT2D eigenvalue weighted by Gasteiger charge is -2.01. The second-order valence-corrected chi connectivity index (χ2v) is 3.64. The number of carboxylic acids is 1. The molecule has 0 spiro atoms. The molecule has 0 saturated heterocycles. The minimum atomic E-state index is -1.01. The van der Waals surface area contributed by atoms with Crippen LogP contribution in [0.3, 0.4) is 0 Å². The smallest absolute Gasteiger partial charge is 0.341 e. The first-order chi connectivity index (χ1) is 8.15. The molecule has 0 bridgehead atoms. The third-order valence-corrected chi connectivity index (χ3v) is 2.19. The summed E-state index contributed by atoms with van der Waals surface area (Å²) in [6.45, 7) is 1.63. The SMILES string of the molecule is Cc1cccc(-n2cc(OCC(=O)O)cn2)c1. The fourth-order valence-corrected chi connectivity index (χ4v) is 1.44. The van der Waals surface area contributed by atoms with Crippen LogP contribution in [0.5, 0.6) is 5.75 Å². The van der Waals surface area contributed by atoms with Crippen molar-refractivity contribution in [2.45, 2.75) is 6.92 Å². The van der Waals surface area contributed by atoms with Crippen LogP contribution in [-0.4, -0.2) is 27.5 Å². The van der Waals surface area contributed by atoms with E-state index in [1.54, 1.807) is 10.9 Å². The number of hydrogen-bond donors (Lipinski definition) is 1. The van der Waals surface area contributed by atoms with E-state index in [1.807, 2.05) is 31.2 Å². The summed E-state index contributed by atoms with van der Waals surface area (Å²) < 4.78 is 6.66. The van der Waals surface area contributed by atoms with Gasteiger partial charge in [0.05, 0.1) is 18.1 Å². The highest BCUT2D eigenvalue weighted by atomic mass is 16.5. The van der Waals surface area contributed by atoms with Gasteiger partial charge in [-0.3, -0.25) is 0 Å². The van der Waals surface area contributed by atoms with Gasteiger partial charge >= 0.3 is 5.97 Å². The minimum absolute atomic E-state index is 0.362. The number of ether oxygens (including phenoxy) is 1. The van der Waals surface area contributed by atoms with Crippen molar-refractivity contribution in [2.24, 2.45) is 0 Å². The molecule has 88 valence electrons. The Balaban J connectivity index is 2.15. The number of carboxylic acid groups (broad SMARTS) is 1. The van der Waals surface area contributed by atoms with Crippen LogP contribution in [0.1, 0.15) is 5.56 Å². The van der Waals surface area contributed by atoms with Crippen molar-refractivity contribution in [1.29, 1.82) is 0 Å². The number of aryl methyl sites for hydroxylation is 1. The minimum Gasteiger partial charge on any atom is -0.479 e. The van der Waals surface area contributed by atoms with Gasteiger partial charge in [-0.25, -0.2) is 9.48 Å². The van der Waals surface area contributed by atoms with Crippen molar-refractivity contribution in [2.75, 3.05) is 6.61 Å². The molecular formula is C12H12N2O3. The second kappa shape index (κ2) is 4.69. The van der Waals surface area contributed by atoms with Crippen molar-refractivity contribution in [3.05, 3.63) is 42.2 Å². The van der Waals surface area contributed by atoms with Crippen molar-refractivity contribution in [3.8, 4) is 11.4 Å². The fourth-order valence-electron chi connectivity index (χ4n) is 1.44. The van der Waals surface area contributed by atoms with Crippen molar-refractivity contribution < 1.29 is 14.6 Å². The molecule has 0 unspecified atom stereocenters. The zero-order valence-corrected chi connectivity index (χ0v) is 9.33. The summed E-state index contributed by atoms with van der Waals surface area (Å²) in [6.07, 6.45) is 3.14. The van der Waals surface area contributed by atoms with Crippen LogP contribution in [0.25, 0.3) is 5.69 Å². The molecule has 1 aromatic heterocycles. The highest BCUT2D eigenvalue weighted by molar-refractivity contribution is 5.68. The van der Waals surface area contributed by atoms with E-state index in [2.05, 4.69) is 5.10 Å². The molecule has 0 aliphatic rings. The number of rotatable bonds is 4. The van der Waals surface area contributed by atoms with Gasteiger partial charge in [0.1, 0.15) is 0 Å². The Hall–Kier alpha value is -2.30. The van der Waals surface area contributed by atoms with Crippen LogP contribution >= 0.6 is 0 Å². The quantitative estimate of drug-likeness (QED) is 0.870. The van der Waals surface area contributed by atoms with E-state index in [1.165, 1.54) is 6.20 Å². The molecule has 0 saturated carbocycles. The summed E-state index contributed by atoms with van der Waals surface area (Å²) in [5.74, 6) is -0.567. The maximum atomic E-state index is 10.3. The van der Waals surface area contributed by atoms with Gasteiger partial charge in [0.15, 0.2) is 12.4 Å². The lowest BCUT2D eigenvalue weighted by atomic mass is 10.2. The molecule has 0 aliphatic carbocycles. The van der Waals surface area contributed by atoms with E-state index < -0.39 is 5.97 Å². The van der Waals surface area contributed by atoms with Crippen LogP contribution in [0, 0.1) is 6.92 Å². The average Bonchev–Trinajstić information content (AvgIpc) is 2.75. The van der Waals surface area contributed by atoms with Gasteiger partial charge < -0.3 is 9.84 Å². The Morgan fingerprint density at radius 1 is 1.53 bits per heavy atom. The lowest BCUT2D eigenvalue weighted by molar-refractivity contribution is -0.139. The maximum absolute atomic E-state index is 10.3. The summed E-state index contributed by atoms with van der Waals surface area (Å²) in [5, 5.41) is 12.6. The Morgan fingerprint density at radius 3 is 3.06 bits per heavy atom. The first-order valence-corrected chi connectivity index (χ1v) is 5.11. The molecule has 2 rings (SSSR count). The van der Waals surface area contributed by atoms with E-state index in [0.717, 1.165) is 11.3 Å². The summed E-state index contributed by atoms with van der Waals surface area (Å²) in [7, 11) is 0. The van der Waals surface area contributed by atoms with Gasteiger partial charge in [-0.1, -0.05) is 12.1 Å². The predicted molar refractivity (Wildman–Crippen MR) is 61.4 cm³/mol. The molecular weight excluding hydrogens is 220 g/mol. The summed E-state index contributed by atoms with van der Waals surface area (Å²) >= 11 is 0. The molecule has 1 N–H and O–H groups in total. The molecule has 5 heteroatoms. The Morgan fingerprint density at radius 2 is 2.35 bits per heavy atom. The summed E-state index contributed by atoms with van der Waals surface area (Å²) in [6, 6.07) is 7.83. The van der Waals surface area contributed by atoms with Gasteiger partial charge in [0.25, 0.3) is 0 Å². The van der Waals surface area contributed by atoms with E-state index in [9.17, 15) is 4.79 Å². The summed E-state index contributed by atoms with van der Waals surface area (Å²) in [4.78, 5) is 10.3. The monoisotopic (exact) mass is 232 g/mol. The molecule has 0 atom stereocenters. The highest BCUT2D eigenvalue weighted by Crippen LogP contribution is 2.14. The number of aromatic nitrogens is 2. The third kappa shape index (κ3) is 2.84. The Labute approximate surface area is 98.3 Å². The summed E-state index contributed by atoms with van der Waals surface area (Å²) in [5.41, 5.74) is 2.04. The molecule has 2 aromatic rings. The van der Waals surface area contributed by atoms with E-state index >= 15 is 0 Å². The van der Waals surface area contributed by atoms with E-state index in [-0.39, 0.29) is 6.61 Å². The zero-order valence-electron chi connectivity index (χ0n) is 9.33. The van der Waals surface area contributed by atoms with Crippen molar-refractivity contribution in [1.82, 2.24) is 9.78 Å². The fraction of sp³-hybridized carbons (Fsp3) is 0.167. The number of aliphatic carboxylic acids is 1. The van der Waals surface area contributed by atoms with Crippen LogP contribution in [0.2, 0.25) is 0 Å². The number of benzene rings is 1. The number of nitrogens with zero attached hydrogens (tertiary/aromatic N) is 2. The molecule has 0 radical (unpaired) electrons. The van der Waals surface area contributed by atoms with Gasteiger partial charge in [-0.2, -0.15) is 5.10 Å². The second-order valence-electron chi connectivity index (χ2n) is 3.64. The maximum Gasteiger partial charge on any atom is 0.341 e. The number of carbonyl (C=O) groups is 1. The largest absolute Gasteiger partial charge is 0.479 e. The first-order valence-electron chi connectivity index (χ1n) is 5.11. The predicted octanol–water partition coefficient (Wildman–Crippen LogP) is 1.64. The average molecular weight is 232 g/mol. The van der Waals surface area contributed by atoms with Crippen molar-refractivity contribution in [3.63, 3.8) is 0 Å². The van der Waals surface area contributed by atoms with Gasteiger partial charge in [-0.05, 0) is 24.6 Å². The van der Waals surface area contributed by atoms with Gasteiger partial charge in [0, 0.05) is 0 Å². The molecule has 1 aromatic carbocycles. The molecule has 5 nitrogen and oxygen atoms in total.